The minimum atomic E-state index is 0.240. The molecule has 0 aromatic heterocycles. The predicted octanol–water partition coefficient (Wildman–Crippen LogP) is 4.28. The quantitative estimate of drug-likeness (QED) is 0.914. The summed E-state index contributed by atoms with van der Waals surface area (Å²) in [5, 5.41) is 4.11. The molecule has 0 bridgehead atoms. The summed E-state index contributed by atoms with van der Waals surface area (Å²) >= 11 is 5.89. The molecule has 0 radical (unpaired) electrons. The molecule has 1 aliphatic heterocycles. The van der Waals surface area contributed by atoms with Gasteiger partial charge in [-0.05, 0) is 43.3 Å². The Labute approximate surface area is 129 Å². The van der Waals surface area contributed by atoms with Crippen LogP contribution >= 0.6 is 11.6 Å². The van der Waals surface area contributed by atoms with Gasteiger partial charge in [0.25, 0.3) is 0 Å². The number of nitrogens with one attached hydrogen (secondary N) is 1. The van der Waals surface area contributed by atoms with Gasteiger partial charge in [0, 0.05) is 34.8 Å². The number of hydrogen-bond acceptors (Lipinski definition) is 3. The van der Waals surface area contributed by atoms with Crippen LogP contribution in [0.3, 0.4) is 0 Å². The number of anilines is 1. The first-order valence-electron chi connectivity index (χ1n) is 7.01. The van der Waals surface area contributed by atoms with Crippen molar-refractivity contribution in [1.82, 2.24) is 0 Å². The van der Waals surface area contributed by atoms with Gasteiger partial charge in [-0.15, -0.1) is 0 Å². The van der Waals surface area contributed by atoms with Gasteiger partial charge in [0.1, 0.15) is 17.6 Å². The Morgan fingerprint density at radius 3 is 2.76 bits per heavy atom. The molecule has 1 aliphatic rings. The van der Waals surface area contributed by atoms with Gasteiger partial charge >= 0.3 is 0 Å². The third kappa shape index (κ3) is 3.08. The molecule has 1 N–H and O–H groups in total. The van der Waals surface area contributed by atoms with E-state index in [1.807, 2.05) is 24.3 Å². The number of halogens is 1. The maximum Gasteiger partial charge on any atom is 0.124 e. The van der Waals surface area contributed by atoms with Crippen molar-refractivity contribution in [2.24, 2.45) is 0 Å². The highest BCUT2D eigenvalue weighted by Gasteiger charge is 2.21. The van der Waals surface area contributed by atoms with E-state index in [0.29, 0.717) is 6.54 Å². The first-order chi connectivity index (χ1) is 10.2. The third-order valence-corrected chi connectivity index (χ3v) is 3.88. The smallest absolute Gasteiger partial charge is 0.124 e. The van der Waals surface area contributed by atoms with Gasteiger partial charge < -0.3 is 14.8 Å². The number of ether oxygens (including phenoxy) is 2. The zero-order valence-corrected chi connectivity index (χ0v) is 12.9. The highest BCUT2D eigenvalue weighted by Crippen LogP contribution is 2.35. The normalized spacial score (nSPS) is 16.2. The minimum absolute atomic E-state index is 0.240. The summed E-state index contributed by atoms with van der Waals surface area (Å²) in [6, 6.07) is 11.8. The molecule has 3 nitrogen and oxygen atoms in total. The molecule has 1 heterocycles. The Bertz CT molecular complexity index is 640. The summed E-state index contributed by atoms with van der Waals surface area (Å²) in [5.74, 6) is 1.86. The van der Waals surface area contributed by atoms with Gasteiger partial charge in [0.05, 0.1) is 7.11 Å². The van der Waals surface area contributed by atoms with E-state index in [1.165, 1.54) is 5.56 Å². The van der Waals surface area contributed by atoms with Crippen molar-refractivity contribution in [3.05, 3.63) is 52.5 Å². The first-order valence-corrected chi connectivity index (χ1v) is 7.39. The second-order valence-electron chi connectivity index (χ2n) is 5.26. The monoisotopic (exact) mass is 303 g/mol. The molecule has 21 heavy (non-hydrogen) atoms. The Morgan fingerprint density at radius 1 is 1.29 bits per heavy atom. The maximum absolute atomic E-state index is 5.89. The molecule has 0 aliphatic carbocycles. The van der Waals surface area contributed by atoms with E-state index >= 15 is 0 Å². The molecule has 0 amide bonds. The summed E-state index contributed by atoms with van der Waals surface area (Å²) in [7, 11) is 1.70. The number of fused-ring (bicyclic) bond motifs is 1. The zero-order chi connectivity index (χ0) is 14.8. The summed E-state index contributed by atoms with van der Waals surface area (Å²) in [5.41, 5.74) is 3.33. The van der Waals surface area contributed by atoms with Crippen LogP contribution in [0, 0.1) is 0 Å². The molecule has 4 heteroatoms. The fraction of sp³-hybridized carbons (Fsp3) is 0.294. The van der Waals surface area contributed by atoms with Crippen molar-refractivity contribution in [2.75, 3.05) is 12.4 Å². The van der Waals surface area contributed by atoms with Crippen LogP contribution in [-0.2, 0) is 13.0 Å². The van der Waals surface area contributed by atoms with Crippen molar-refractivity contribution in [2.45, 2.75) is 26.0 Å². The molecule has 0 fully saturated rings. The van der Waals surface area contributed by atoms with Gasteiger partial charge in [-0.1, -0.05) is 11.6 Å². The first kappa shape index (κ1) is 14.1. The predicted molar refractivity (Wildman–Crippen MR) is 85.6 cm³/mol. The lowest BCUT2D eigenvalue weighted by Gasteiger charge is -2.13. The van der Waals surface area contributed by atoms with E-state index in [2.05, 4.69) is 24.4 Å². The van der Waals surface area contributed by atoms with Crippen molar-refractivity contribution in [3.63, 3.8) is 0 Å². The largest absolute Gasteiger partial charge is 0.496 e. The standard InChI is InChI=1S/C17H18ClNO2/c1-11-7-12-8-16(20-2)13(9-17(12)21-11)10-19-15-5-3-14(18)4-6-15/h3-6,8-9,11,19H,7,10H2,1-2H3. The van der Waals surface area contributed by atoms with Crippen LogP contribution in [0.25, 0.3) is 0 Å². The van der Waals surface area contributed by atoms with E-state index in [9.17, 15) is 0 Å². The topological polar surface area (TPSA) is 30.5 Å². The molecule has 110 valence electrons. The van der Waals surface area contributed by atoms with Crippen LogP contribution < -0.4 is 14.8 Å². The lowest BCUT2D eigenvalue weighted by Crippen LogP contribution is -2.05. The van der Waals surface area contributed by atoms with Crippen LogP contribution in [0.15, 0.2) is 36.4 Å². The summed E-state index contributed by atoms with van der Waals surface area (Å²) in [6.07, 6.45) is 1.18. The number of methoxy groups -OCH3 is 1. The fourth-order valence-corrected chi connectivity index (χ4v) is 2.70. The van der Waals surface area contributed by atoms with Crippen LogP contribution in [-0.4, -0.2) is 13.2 Å². The molecule has 2 aromatic rings. The molecular weight excluding hydrogens is 286 g/mol. The molecule has 1 unspecified atom stereocenters. The fourth-order valence-electron chi connectivity index (χ4n) is 2.57. The Kier molecular flexibility index (Phi) is 3.93. The highest BCUT2D eigenvalue weighted by molar-refractivity contribution is 6.30. The van der Waals surface area contributed by atoms with Crippen LogP contribution in [0.4, 0.5) is 5.69 Å². The average Bonchev–Trinajstić information content (AvgIpc) is 2.84. The molecule has 0 saturated carbocycles. The lowest BCUT2D eigenvalue weighted by molar-refractivity contribution is 0.254. The molecule has 3 rings (SSSR count). The van der Waals surface area contributed by atoms with E-state index in [0.717, 1.165) is 34.2 Å². The summed E-state index contributed by atoms with van der Waals surface area (Å²) < 4.78 is 11.3. The van der Waals surface area contributed by atoms with E-state index < -0.39 is 0 Å². The van der Waals surface area contributed by atoms with Gasteiger partial charge in [-0.3, -0.25) is 0 Å². The van der Waals surface area contributed by atoms with Crippen LogP contribution in [0.5, 0.6) is 11.5 Å². The van der Waals surface area contributed by atoms with E-state index in [4.69, 9.17) is 21.1 Å². The van der Waals surface area contributed by atoms with E-state index in [-0.39, 0.29) is 6.10 Å². The van der Waals surface area contributed by atoms with Crippen LogP contribution in [0.2, 0.25) is 5.02 Å². The van der Waals surface area contributed by atoms with Gasteiger partial charge in [0.15, 0.2) is 0 Å². The SMILES string of the molecule is COc1cc2c(cc1CNc1ccc(Cl)cc1)OC(C)C2. The van der Waals surface area contributed by atoms with Crippen molar-refractivity contribution in [3.8, 4) is 11.5 Å². The van der Waals surface area contributed by atoms with Gasteiger partial charge in [-0.2, -0.15) is 0 Å². The number of hydrogen-bond donors (Lipinski definition) is 1. The zero-order valence-electron chi connectivity index (χ0n) is 12.2. The summed E-state index contributed by atoms with van der Waals surface area (Å²) in [6.45, 7) is 2.76. The third-order valence-electron chi connectivity index (χ3n) is 3.63. The van der Waals surface area contributed by atoms with Gasteiger partial charge in [0.2, 0.25) is 0 Å². The molecule has 1 atom stereocenters. The van der Waals surface area contributed by atoms with Crippen LogP contribution in [0.1, 0.15) is 18.1 Å². The van der Waals surface area contributed by atoms with Crippen molar-refractivity contribution in [1.29, 1.82) is 0 Å². The maximum atomic E-state index is 5.89. The Hall–Kier alpha value is -1.87. The second-order valence-corrected chi connectivity index (χ2v) is 5.70. The minimum Gasteiger partial charge on any atom is -0.496 e. The molecule has 0 saturated heterocycles. The molecule has 2 aromatic carbocycles. The number of benzene rings is 2. The Balaban J connectivity index is 1.78. The average molecular weight is 304 g/mol. The Morgan fingerprint density at radius 2 is 2.05 bits per heavy atom. The van der Waals surface area contributed by atoms with Crippen molar-refractivity contribution >= 4 is 17.3 Å². The molecular formula is C17H18ClNO2. The molecule has 0 spiro atoms. The number of rotatable bonds is 4. The van der Waals surface area contributed by atoms with Crippen molar-refractivity contribution < 1.29 is 9.47 Å². The highest BCUT2D eigenvalue weighted by atomic mass is 35.5. The van der Waals surface area contributed by atoms with Gasteiger partial charge in [-0.25, -0.2) is 0 Å². The lowest BCUT2D eigenvalue weighted by atomic mass is 10.1. The summed E-state index contributed by atoms with van der Waals surface area (Å²) in [4.78, 5) is 0. The second kappa shape index (κ2) is 5.86. The van der Waals surface area contributed by atoms with E-state index in [1.54, 1.807) is 7.11 Å².